The standard InChI is InChI=1S/C16H16N2O5/c1-4-21-14(19)15(2)16(9-17,10-18)23-13(22-15)11-5-7-12(20-3)8-6-11/h5-8,13H,4H2,1-3H3/t13-,15+/m1/s1. The number of benzene rings is 1. The van der Waals surface area contributed by atoms with Crippen LogP contribution in [-0.4, -0.2) is 30.9 Å². The van der Waals surface area contributed by atoms with Crippen LogP contribution in [0.2, 0.25) is 0 Å². The minimum atomic E-state index is -2.09. The number of hydrogen-bond acceptors (Lipinski definition) is 7. The van der Waals surface area contributed by atoms with Crippen molar-refractivity contribution >= 4 is 5.97 Å². The summed E-state index contributed by atoms with van der Waals surface area (Å²) in [6.07, 6.45) is -1.05. The highest BCUT2D eigenvalue weighted by atomic mass is 16.8. The van der Waals surface area contributed by atoms with Crippen molar-refractivity contribution in [2.45, 2.75) is 31.3 Å². The first-order valence-electron chi connectivity index (χ1n) is 6.95. The number of hydrogen-bond donors (Lipinski definition) is 0. The van der Waals surface area contributed by atoms with Gasteiger partial charge in [-0.25, -0.2) is 4.79 Å². The van der Waals surface area contributed by atoms with Crippen LogP contribution in [0, 0.1) is 22.7 Å². The van der Waals surface area contributed by atoms with Crippen molar-refractivity contribution in [3.8, 4) is 17.9 Å². The van der Waals surface area contributed by atoms with E-state index in [1.165, 1.54) is 14.0 Å². The molecule has 0 unspecified atom stereocenters. The Balaban J connectivity index is 2.39. The summed E-state index contributed by atoms with van der Waals surface area (Å²) in [6.45, 7) is 3.04. The van der Waals surface area contributed by atoms with E-state index >= 15 is 0 Å². The fourth-order valence-corrected chi connectivity index (χ4v) is 2.24. The molecule has 1 aliphatic rings. The zero-order valence-corrected chi connectivity index (χ0v) is 13.0. The predicted octanol–water partition coefficient (Wildman–Crippen LogP) is 1.85. The van der Waals surface area contributed by atoms with Crippen molar-refractivity contribution in [1.29, 1.82) is 10.5 Å². The smallest absolute Gasteiger partial charge is 0.343 e. The molecule has 120 valence electrons. The highest BCUT2D eigenvalue weighted by Gasteiger charge is 2.66. The molecule has 0 aromatic heterocycles. The molecular formula is C16H16N2O5. The third kappa shape index (κ3) is 2.61. The Morgan fingerprint density at radius 1 is 1.26 bits per heavy atom. The lowest BCUT2D eigenvalue weighted by Gasteiger charge is -2.26. The lowest BCUT2D eigenvalue weighted by atomic mass is 9.87. The van der Waals surface area contributed by atoms with Crippen LogP contribution in [0.1, 0.15) is 25.7 Å². The number of methoxy groups -OCH3 is 1. The molecule has 7 nitrogen and oxygen atoms in total. The summed E-state index contributed by atoms with van der Waals surface area (Å²) < 4.78 is 21.2. The van der Waals surface area contributed by atoms with Gasteiger partial charge in [0, 0.05) is 5.56 Å². The quantitative estimate of drug-likeness (QED) is 0.781. The number of nitriles is 2. The SMILES string of the molecule is CCOC(=O)[C@]1(C)O[C@@H](c2ccc(OC)cc2)OC1(C#N)C#N. The van der Waals surface area contributed by atoms with Gasteiger partial charge in [-0.05, 0) is 26.0 Å². The van der Waals surface area contributed by atoms with Crippen LogP contribution in [0.25, 0.3) is 0 Å². The molecule has 0 saturated carbocycles. The molecule has 1 heterocycles. The lowest BCUT2D eigenvalue weighted by molar-refractivity contribution is -0.171. The molecular weight excluding hydrogens is 300 g/mol. The molecule has 0 spiro atoms. The molecule has 7 heteroatoms. The van der Waals surface area contributed by atoms with Crippen molar-refractivity contribution in [3.63, 3.8) is 0 Å². The maximum atomic E-state index is 12.2. The minimum Gasteiger partial charge on any atom is -0.497 e. The van der Waals surface area contributed by atoms with Gasteiger partial charge in [-0.1, -0.05) is 12.1 Å². The van der Waals surface area contributed by atoms with Crippen molar-refractivity contribution in [1.82, 2.24) is 0 Å². The Morgan fingerprint density at radius 3 is 2.35 bits per heavy atom. The van der Waals surface area contributed by atoms with Crippen molar-refractivity contribution in [2.75, 3.05) is 13.7 Å². The summed E-state index contributed by atoms with van der Waals surface area (Å²) in [5.74, 6) is -0.189. The Hall–Kier alpha value is -2.61. The van der Waals surface area contributed by atoms with E-state index in [1.807, 2.05) is 0 Å². The third-order valence-corrected chi connectivity index (χ3v) is 3.67. The molecule has 1 aliphatic heterocycles. The van der Waals surface area contributed by atoms with E-state index in [2.05, 4.69) is 0 Å². The molecule has 1 aromatic rings. The zero-order valence-electron chi connectivity index (χ0n) is 13.0. The molecule has 0 radical (unpaired) electrons. The van der Waals surface area contributed by atoms with Gasteiger partial charge >= 0.3 is 5.97 Å². The van der Waals surface area contributed by atoms with E-state index in [1.54, 1.807) is 43.3 Å². The predicted molar refractivity (Wildman–Crippen MR) is 76.9 cm³/mol. The molecule has 0 aliphatic carbocycles. The van der Waals surface area contributed by atoms with Crippen molar-refractivity contribution in [3.05, 3.63) is 29.8 Å². The fraction of sp³-hybridized carbons (Fsp3) is 0.438. The second kappa shape index (κ2) is 6.25. The topological polar surface area (TPSA) is 102 Å². The maximum absolute atomic E-state index is 12.2. The van der Waals surface area contributed by atoms with Crippen LogP contribution in [-0.2, 0) is 19.0 Å². The lowest BCUT2D eigenvalue weighted by Crippen LogP contribution is -2.54. The van der Waals surface area contributed by atoms with Crippen molar-refractivity contribution < 1.29 is 23.7 Å². The summed E-state index contributed by atoms with van der Waals surface area (Å²) in [5.41, 5.74) is -3.39. The first-order valence-corrected chi connectivity index (χ1v) is 6.95. The largest absolute Gasteiger partial charge is 0.497 e. The molecule has 0 N–H and O–H groups in total. The van der Waals surface area contributed by atoms with Crippen molar-refractivity contribution in [2.24, 2.45) is 0 Å². The molecule has 1 saturated heterocycles. The van der Waals surface area contributed by atoms with Gasteiger partial charge in [0.15, 0.2) is 6.29 Å². The first kappa shape index (κ1) is 16.8. The maximum Gasteiger partial charge on any atom is 0.343 e. The Morgan fingerprint density at radius 2 is 1.87 bits per heavy atom. The highest BCUT2D eigenvalue weighted by Crippen LogP contribution is 2.45. The van der Waals surface area contributed by atoms with Crippen LogP contribution >= 0.6 is 0 Å². The Kier molecular flexibility index (Phi) is 4.55. The van der Waals surface area contributed by atoms with Crippen LogP contribution in [0.15, 0.2) is 24.3 Å². The van der Waals surface area contributed by atoms with Gasteiger partial charge in [-0.3, -0.25) is 0 Å². The average Bonchev–Trinajstić information content (AvgIpc) is 2.89. The molecule has 0 bridgehead atoms. The van der Waals surface area contributed by atoms with E-state index in [-0.39, 0.29) is 6.61 Å². The van der Waals surface area contributed by atoms with Gasteiger partial charge in [0.05, 0.1) is 13.7 Å². The summed E-state index contributed by atoms with van der Waals surface area (Å²) >= 11 is 0. The Bertz CT molecular complexity index is 659. The first-order chi connectivity index (χ1) is 11.0. The second-order valence-electron chi connectivity index (χ2n) is 5.00. The van der Waals surface area contributed by atoms with E-state index in [0.29, 0.717) is 11.3 Å². The summed E-state index contributed by atoms with van der Waals surface area (Å²) in [7, 11) is 1.53. The summed E-state index contributed by atoms with van der Waals surface area (Å²) in [4.78, 5) is 12.2. The number of carbonyl (C=O) groups is 1. The van der Waals surface area contributed by atoms with Crippen LogP contribution in [0.5, 0.6) is 5.75 Å². The molecule has 1 aromatic carbocycles. The van der Waals surface area contributed by atoms with Gasteiger partial charge in [0.1, 0.15) is 17.9 Å². The van der Waals surface area contributed by atoms with Gasteiger partial charge in [-0.15, -0.1) is 0 Å². The monoisotopic (exact) mass is 316 g/mol. The van der Waals surface area contributed by atoms with Crippen LogP contribution in [0.4, 0.5) is 0 Å². The molecule has 1 fully saturated rings. The fourth-order valence-electron chi connectivity index (χ4n) is 2.24. The number of ether oxygens (including phenoxy) is 4. The molecule has 2 atom stereocenters. The number of rotatable bonds is 4. The van der Waals surface area contributed by atoms with E-state index < -0.39 is 23.5 Å². The summed E-state index contributed by atoms with van der Waals surface area (Å²) in [6, 6.07) is 10.2. The van der Waals surface area contributed by atoms with Gasteiger partial charge < -0.3 is 18.9 Å². The van der Waals surface area contributed by atoms with E-state index in [4.69, 9.17) is 18.9 Å². The number of esters is 1. The second-order valence-corrected chi connectivity index (χ2v) is 5.00. The van der Waals surface area contributed by atoms with Crippen LogP contribution in [0.3, 0.4) is 0 Å². The number of carbonyl (C=O) groups excluding carboxylic acids is 1. The number of nitrogens with zero attached hydrogens (tertiary/aromatic N) is 2. The van der Waals surface area contributed by atoms with Crippen LogP contribution < -0.4 is 4.74 Å². The Labute approximate surface area is 133 Å². The minimum absolute atomic E-state index is 0.0952. The zero-order chi connectivity index (χ0) is 17.1. The molecule has 2 rings (SSSR count). The van der Waals surface area contributed by atoms with Gasteiger partial charge in [-0.2, -0.15) is 10.5 Å². The average molecular weight is 316 g/mol. The third-order valence-electron chi connectivity index (χ3n) is 3.67. The molecule has 0 amide bonds. The van der Waals surface area contributed by atoms with Gasteiger partial charge in [0.2, 0.25) is 5.60 Å². The van der Waals surface area contributed by atoms with E-state index in [9.17, 15) is 15.3 Å². The normalized spacial score (nSPS) is 25.2. The highest BCUT2D eigenvalue weighted by molar-refractivity contribution is 5.83. The summed E-state index contributed by atoms with van der Waals surface area (Å²) in [5, 5.41) is 18.8. The van der Waals surface area contributed by atoms with E-state index in [0.717, 1.165) is 0 Å². The van der Waals surface area contributed by atoms with Gasteiger partial charge in [0.25, 0.3) is 5.60 Å². The molecule has 23 heavy (non-hydrogen) atoms.